The number of carbonyl (C=O) groups is 1. The lowest BCUT2D eigenvalue weighted by Crippen LogP contribution is -2.37. The van der Waals surface area contributed by atoms with Gasteiger partial charge in [0.15, 0.2) is 11.5 Å². The molecule has 2 aliphatic carbocycles. The van der Waals surface area contributed by atoms with E-state index < -0.39 is 0 Å². The van der Waals surface area contributed by atoms with Gasteiger partial charge in [-0.1, -0.05) is 24.3 Å². The summed E-state index contributed by atoms with van der Waals surface area (Å²) >= 11 is 0. The van der Waals surface area contributed by atoms with E-state index in [-0.39, 0.29) is 11.9 Å². The van der Waals surface area contributed by atoms with Crippen LogP contribution in [0.2, 0.25) is 0 Å². The van der Waals surface area contributed by atoms with Crippen molar-refractivity contribution >= 4 is 12.0 Å². The Morgan fingerprint density at radius 1 is 1.00 bits per heavy atom. The molecule has 0 saturated heterocycles. The van der Waals surface area contributed by atoms with Crippen LogP contribution in [0.5, 0.6) is 17.2 Å². The molecule has 1 amide bonds. The zero-order chi connectivity index (χ0) is 21.1. The minimum Gasteiger partial charge on any atom is -0.493 e. The zero-order valence-electron chi connectivity index (χ0n) is 17.9. The lowest BCUT2D eigenvalue weighted by Gasteiger charge is -2.35. The van der Waals surface area contributed by atoms with Gasteiger partial charge in [0.05, 0.1) is 27.4 Å². The van der Waals surface area contributed by atoms with Gasteiger partial charge in [-0.25, -0.2) is 0 Å². The van der Waals surface area contributed by atoms with Gasteiger partial charge in [-0.3, -0.25) is 4.79 Å². The van der Waals surface area contributed by atoms with Gasteiger partial charge in [0, 0.05) is 12.1 Å². The van der Waals surface area contributed by atoms with E-state index in [1.165, 1.54) is 11.1 Å². The van der Waals surface area contributed by atoms with E-state index in [2.05, 4.69) is 29.2 Å². The highest BCUT2D eigenvalue weighted by Crippen LogP contribution is 2.41. The van der Waals surface area contributed by atoms with Gasteiger partial charge in [-0.05, 0) is 67.0 Å². The molecule has 0 spiro atoms. The highest BCUT2D eigenvalue weighted by Gasteiger charge is 2.38. The molecule has 5 nitrogen and oxygen atoms in total. The molecule has 5 heteroatoms. The van der Waals surface area contributed by atoms with Crippen molar-refractivity contribution in [3.8, 4) is 17.2 Å². The maximum absolute atomic E-state index is 13.3. The van der Waals surface area contributed by atoms with Crippen LogP contribution in [-0.4, -0.2) is 38.2 Å². The van der Waals surface area contributed by atoms with Gasteiger partial charge in [0.1, 0.15) is 0 Å². The lowest BCUT2D eigenvalue weighted by atomic mass is 9.86. The van der Waals surface area contributed by atoms with Crippen molar-refractivity contribution in [3.63, 3.8) is 0 Å². The van der Waals surface area contributed by atoms with E-state index in [0.29, 0.717) is 23.3 Å². The molecule has 1 unspecified atom stereocenters. The molecule has 0 aromatic heterocycles. The summed E-state index contributed by atoms with van der Waals surface area (Å²) in [7, 11) is 4.76. The maximum atomic E-state index is 13.3. The van der Waals surface area contributed by atoms with Crippen molar-refractivity contribution < 1.29 is 19.0 Å². The number of fused-ring (bicyclic) bond motifs is 1. The van der Waals surface area contributed by atoms with Crippen molar-refractivity contribution in [3.05, 3.63) is 59.2 Å². The fourth-order valence-electron chi connectivity index (χ4n) is 4.41. The fraction of sp³-hybridized carbons (Fsp3) is 0.400. The van der Waals surface area contributed by atoms with Crippen molar-refractivity contribution in [1.29, 1.82) is 0 Å². The number of carbonyl (C=O) groups excluding carboxylic acids is 1. The summed E-state index contributed by atoms with van der Waals surface area (Å²) < 4.78 is 16.2. The number of hydrogen-bond donors (Lipinski definition) is 0. The third-order valence-electron chi connectivity index (χ3n) is 5.97. The Balaban J connectivity index is 1.60. The van der Waals surface area contributed by atoms with Gasteiger partial charge in [-0.15, -0.1) is 0 Å². The number of amides is 1. The largest absolute Gasteiger partial charge is 0.493 e. The molecule has 0 radical (unpaired) electrons. The summed E-state index contributed by atoms with van der Waals surface area (Å²) in [6.45, 7) is 0. The molecule has 1 atom stereocenters. The minimum atomic E-state index is 0.0629. The van der Waals surface area contributed by atoms with E-state index in [0.717, 1.165) is 37.7 Å². The van der Waals surface area contributed by atoms with Crippen LogP contribution in [0.4, 0.5) is 0 Å². The first-order chi connectivity index (χ1) is 14.7. The predicted molar refractivity (Wildman–Crippen MR) is 117 cm³/mol. The Morgan fingerprint density at radius 3 is 2.33 bits per heavy atom. The van der Waals surface area contributed by atoms with Crippen molar-refractivity contribution in [2.45, 2.75) is 44.2 Å². The highest BCUT2D eigenvalue weighted by molar-refractivity contribution is 5.92. The summed E-state index contributed by atoms with van der Waals surface area (Å²) in [5, 5.41) is 0. The van der Waals surface area contributed by atoms with Gasteiger partial charge in [0.25, 0.3) is 0 Å². The van der Waals surface area contributed by atoms with E-state index in [1.54, 1.807) is 27.4 Å². The number of hydrogen-bond acceptors (Lipinski definition) is 4. The predicted octanol–water partition coefficient (Wildman–Crippen LogP) is 4.79. The average molecular weight is 408 g/mol. The molecule has 2 aromatic rings. The van der Waals surface area contributed by atoms with E-state index in [4.69, 9.17) is 14.2 Å². The van der Waals surface area contributed by atoms with Crippen molar-refractivity contribution in [1.82, 2.24) is 4.90 Å². The summed E-state index contributed by atoms with van der Waals surface area (Å²) in [6.07, 6.45) is 8.92. The number of aryl methyl sites for hydroxylation is 1. The molecule has 1 saturated carbocycles. The van der Waals surface area contributed by atoms with Crippen LogP contribution >= 0.6 is 0 Å². The van der Waals surface area contributed by atoms with Crippen LogP contribution in [0.25, 0.3) is 6.08 Å². The Bertz CT molecular complexity index is 923. The molecular formula is C25H29NO4. The molecule has 0 aliphatic heterocycles. The molecule has 1 fully saturated rings. The second-order valence-corrected chi connectivity index (χ2v) is 7.88. The molecule has 0 heterocycles. The third kappa shape index (κ3) is 4.02. The number of rotatable bonds is 7. The lowest BCUT2D eigenvalue weighted by molar-refractivity contribution is -0.129. The first-order valence-electron chi connectivity index (χ1n) is 10.5. The molecule has 30 heavy (non-hydrogen) atoms. The Labute approximate surface area is 178 Å². The molecule has 2 aromatic carbocycles. The summed E-state index contributed by atoms with van der Waals surface area (Å²) in [5.74, 6) is 1.75. The highest BCUT2D eigenvalue weighted by atomic mass is 16.5. The molecule has 2 aliphatic rings. The summed E-state index contributed by atoms with van der Waals surface area (Å²) in [6, 6.07) is 12.8. The van der Waals surface area contributed by atoms with Gasteiger partial charge in [0.2, 0.25) is 11.7 Å². The Hall–Kier alpha value is -2.95. The van der Waals surface area contributed by atoms with E-state index >= 15 is 0 Å². The molecule has 4 rings (SSSR count). The molecule has 0 N–H and O–H groups in total. The standard InChI is InChI=1S/C25H29NO4/c1-28-22-15-17(16-23(29-2)25(22)30-3)11-14-24(27)26(19-12-13-19)21-10-6-8-18-7-4-5-9-20(18)21/h4-5,7,9,11,14-16,19,21H,6,8,10,12-13H2,1-3H3/b14-11+. The fourth-order valence-corrected chi connectivity index (χ4v) is 4.41. The Morgan fingerprint density at radius 2 is 1.70 bits per heavy atom. The second-order valence-electron chi connectivity index (χ2n) is 7.88. The van der Waals surface area contributed by atoms with Gasteiger partial charge in [-0.2, -0.15) is 0 Å². The number of ether oxygens (including phenoxy) is 3. The van der Waals surface area contributed by atoms with Crippen LogP contribution in [0, 0.1) is 0 Å². The molecular weight excluding hydrogens is 378 g/mol. The van der Waals surface area contributed by atoms with Crippen LogP contribution < -0.4 is 14.2 Å². The number of nitrogens with zero attached hydrogens (tertiary/aromatic N) is 1. The van der Waals surface area contributed by atoms with Gasteiger partial charge >= 0.3 is 0 Å². The van der Waals surface area contributed by atoms with Crippen LogP contribution in [0.1, 0.15) is 48.4 Å². The van der Waals surface area contributed by atoms with Crippen LogP contribution in [-0.2, 0) is 11.2 Å². The maximum Gasteiger partial charge on any atom is 0.247 e. The topological polar surface area (TPSA) is 48.0 Å². The second kappa shape index (κ2) is 8.82. The van der Waals surface area contributed by atoms with Crippen molar-refractivity contribution in [2.75, 3.05) is 21.3 Å². The third-order valence-corrected chi connectivity index (χ3v) is 5.97. The van der Waals surface area contributed by atoms with Crippen LogP contribution in [0.15, 0.2) is 42.5 Å². The first kappa shape index (κ1) is 20.3. The number of methoxy groups -OCH3 is 3. The van der Waals surface area contributed by atoms with E-state index in [9.17, 15) is 4.79 Å². The smallest absolute Gasteiger partial charge is 0.247 e. The first-order valence-corrected chi connectivity index (χ1v) is 10.5. The molecule has 0 bridgehead atoms. The molecule has 158 valence electrons. The summed E-state index contributed by atoms with van der Waals surface area (Å²) in [5.41, 5.74) is 3.52. The normalized spacial score (nSPS) is 18.0. The quantitative estimate of drug-likeness (QED) is 0.619. The van der Waals surface area contributed by atoms with Crippen LogP contribution in [0.3, 0.4) is 0 Å². The average Bonchev–Trinajstić information content (AvgIpc) is 3.62. The number of benzene rings is 2. The van der Waals surface area contributed by atoms with E-state index in [1.807, 2.05) is 18.2 Å². The monoisotopic (exact) mass is 407 g/mol. The minimum absolute atomic E-state index is 0.0629. The summed E-state index contributed by atoms with van der Waals surface area (Å²) in [4.78, 5) is 15.4. The van der Waals surface area contributed by atoms with Crippen molar-refractivity contribution in [2.24, 2.45) is 0 Å². The Kier molecular flexibility index (Phi) is 5.98. The SMILES string of the molecule is COc1cc(/C=C/C(=O)N(C2CC2)C2CCCc3ccccc32)cc(OC)c1OC. The zero-order valence-corrected chi connectivity index (χ0v) is 17.9. The van der Waals surface area contributed by atoms with Gasteiger partial charge < -0.3 is 19.1 Å².